The average molecular weight is 413 g/mol. The first-order chi connectivity index (χ1) is 13.5. The summed E-state index contributed by atoms with van der Waals surface area (Å²) in [5.41, 5.74) is 0.172. The molecule has 156 valence electrons. The van der Waals surface area contributed by atoms with Crippen LogP contribution in [-0.2, 0) is 19.6 Å². The van der Waals surface area contributed by atoms with Crippen molar-refractivity contribution in [2.75, 3.05) is 39.4 Å². The van der Waals surface area contributed by atoms with Crippen LogP contribution in [0.1, 0.15) is 42.6 Å². The van der Waals surface area contributed by atoms with Crippen LogP contribution in [0.2, 0.25) is 0 Å². The van der Waals surface area contributed by atoms with E-state index in [-0.39, 0.29) is 29.0 Å². The zero-order valence-electron chi connectivity index (χ0n) is 15.9. The normalized spacial score (nSPS) is 19.3. The molecule has 1 saturated carbocycles. The minimum Gasteiger partial charge on any atom is -0.379 e. The number of aromatic nitrogens is 1. The van der Waals surface area contributed by atoms with Crippen molar-refractivity contribution in [2.45, 2.75) is 37.0 Å². The van der Waals surface area contributed by atoms with Gasteiger partial charge in [-0.1, -0.05) is 19.3 Å². The summed E-state index contributed by atoms with van der Waals surface area (Å²) in [4.78, 5) is 27.1. The fourth-order valence-corrected chi connectivity index (χ4v) is 4.96. The third-order valence-corrected chi connectivity index (χ3v) is 7.07. The Morgan fingerprint density at radius 2 is 1.79 bits per heavy atom. The van der Waals surface area contributed by atoms with Gasteiger partial charge in [0.1, 0.15) is 10.6 Å². The number of nitrogens with zero attached hydrogens (tertiary/aromatic N) is 1. The number of carbonyl (C=O) groups is 2. The first-order valence-electron chi connectivity index (χ1n) is 9.81. The average Bonchev–Trinajstić information content (AvgIpc) is 3.23. The maximum Gasteiger partial charge on any atom is 0.267 e. The van der Waals surface area contributed by atoms with Crippen molar-refractivity contribution in [2.24, 2.45) is 5.92 Å². The SMILES string of the molecule is O=C(NCCNC(=O)C1CCCCC1)c1cc(S(=O)(=O)N2CCOCC2)c[nH]1. The number of sulfonamides is 1. The van der Waals surface area contributed by atoms with Crippen LogP contribution < -0.4 is 10.6 Å². The highest BCUT2D eigenvalue weighted by Gasteiger charge is 2.28. The lowest BCUT2D eigenvalue weighted by Gasteiger charge is -2.25. The van der Waals surface area contributed by atoms with E-state index in [2.05, 4.69) is 15.6 Å². The molecule has 0 radical (unpaired) electrons. The number of hydrogen-bond donors (Lipinski definition) is 3. The number of rotatable bonds is 7. The second-order valence-electron chi connectivity index (χ2n) is 7.15. The van der Waals surface area contributed by atoms with Crippen LogP contribution in [0.25, 0.3) is 0 Å². The summed E-state index contributed by atoms with van der Waals surface area (Å²) in [6, 6.07) is 1.33. The molecule has 3 N–H and O–H groups in total. The Kier molecular flexibility index (Phi) is 7.08. The summed E-state index contributed by atoms with van der Waals surface area (Å²) in [7, 11) is -3.64. The van der Waals surface area contributed by atoms with E-state index in [1.807, 2.05) is 0 Å². The quantitative estimate of drug-likeness (QED) is 0.562. The minimum atomic E-state index is -3.64. The monoisotopic (exact) mass is 412 g/mol. The van der Waals surface area contributed by atoms with Crippen molar-refractivity contribution in [3.63, 3.8) is 0 Å². The van der Waals surface area contributed by atoms with Gasteiger partial charge in [-0.15, -0.1) is 0 Å². The number of carbonyl (C=O) groups excluding carboxylic acids is 2. The number of morpholine rings is 1. The van der Waals surface area contributed by atoms with E-state index >= 15 is 0 Å². The molecule has 2 aliphatic rings. The van der Waals surface area contributed by atoms with Gasteiger partial charge >= 0.3 is 0 Å². The number of nitrogens with one attached hydrogen (secondary N) is 3. The van der Waals surface area contributed by atoms with Crippen molar-refractivity contribution in [1.29, 1.82) is 0 Å². The van der Waals surface area contributed by atoms with Gasteiger partial charge in [-0.05, 0) is 18.9 Å². The minimum absolute atomic E-state index is 0.0488. The van der Waals surface area contributed by atoms with E-state index in [4.69, 9.17) is 4.74 Å². The number of hydrogen-bond acceptors (Lipinski definition) is 5. The van der Waals surface area contributed by atoms with E-state index in [0.29, 0.717) is 32.8 Å². The Morgan fingerprint density at radius 3 is 2.50 bits per heavy atom. The van der Waals surface area contributed by atoms with Crippen molar-refractivity contribution in [3.05, 3.63) is 18.0 Å². The van der Waals surface area contributed by atoms with Crippen LogP contribution in [0, 0.1) is 5.92 Å². The summed E-state index contributed by atoms with van der Waals surface area (Å²) in [5.74, 6) is -0.274. The molecule has 1 saturated heterocycles. The summed E-state index contributed by atoms with van der Waals surface area (Å²) in [5, 5.41) is 5.54. The molecule has 1 aliphatic carbocycles. The zero-order valence-corrected chi connectivity index (χ0v) is 16.7. The maximum absolute atomic E-state index is 12.6. The highest BCUT2D eigenvalue weighted by Crippen LogP contribution is 2.23. The number of ether oxygens (including phenoxy) is 1. The Hall–Kier alpha value is -1.91. The van der Waals surface area contributed by atoms with Crippen molar-refractivity contribution in [1.82, 2.24) is 19.9 Å². The van der Waals surface area contributed by atoms with Crippen LogP contribution >= 0.6 is 0 Å². The fourth-order valence-electron chi connectivity index (χ4n) is 3.56. The lowest BCUT2D eigenvalue weighted by Crippen LogP contribution is -2.40. The standard InChI is InChI=1S/C18H28N4O5S/c23-17(14-4-2-1-3-5-14)19-6-7-20-18(24)16-12-15(13-21-16)28(25,26)22-8-10-27-11-9-22/h12-14,21H,1-11H2,(H,19,23)(H,20,24). The smallest absolute Gasteiger partial charge is 0.267 e. The lowest BCUT2D eigenvalue weighted by molar-refractivity contribution is -0.125. The molecule has 2 heterocycles. The van der Waals surface area contributed by atoms with Crippen molar-refractivity contribution >= 4 is 21.8 Å². The highest BCUT2D eigenvalue weighted by atomic mass is 32.2. The van der Waals surface area contributed by atoms with Gasteiger partial charge in [0.2, 0.25) is 15.9 Å². The molecule has 2 fully saturated rings. The Labute approximate surface area is 165 Å². The second kappa shape index (κ2) is 9.53. The number of amides is 2. The van der Waals surface area contributed by atoms with Crippen LogP contribution in [0.3, 0.4) is 0 Å². The van der Waals surface area contributed by atoms with E-state index < -0.39 is 15.9 Å². The summed E-state index contributed by atoms with van der Waals surface area (Å²) < 4.78 is 31.7. The van der Waals surface area contributed by atoms with Gasteiger partial charge in [0.15, 0.2) is 0 Å². The molecule has 0 atom stereocenters. The largest absolute Gasteiger partial charge is 0.379 e. The zero-order chi connectivity index (χ0) is 20.0. The summed E-state index contributed by atoms with van der Waals surface area (Å²) in [6.45, 7) is 1.96. The van der Waals surface area contributed by atoms with Crippen molar-refractivity contribution < 1.29 is 22.7 Å². The first-order valence-corrected chi connectivity index (χ1v) is 11.2. The molecule has 10 heteroatoms. The molecule has 0 spiro atoms. The maximum atomic E-state index is 12.6. The third-order valence-electron chi connectivity index (χ3n) is 5.19. The van der Waals surface area contributed by atoms with Gasteiger partial charge < -0.3 is 20.4 Å². The Balaban J connectivity index is 1.45. The van der Waals surface area contributed by atoms with Gasteiger partial charge in [0.25, 0.3) is 5.91 Å². The van der Waals surface area contributed by atoms with E-state index in [1.54, 1.807) is 0 Å². The summed E-state index contributed by atoms with van der Waals surface area (Å²) in [6.07, 6.45) is 6.57. The second-order valence-corrected chi connectivity index (χ2v) is 9.09. The molecule has 9 nitrogen and oxygen atoms in total. The summed E-state index contributed by atoms with van der Waals surface area (Å²) >= 11 is 0. The molecule has 2 amide bonds. The molecule has 0 bridgehead atoms. The molecule has 0 unspecified atom stereocenters. The van der Waals surface area contributed by atoms with E-state index in [9.17, 15) is 18.0 Å². The van der Waals surface area contributed by atoms with Crippen LogP contribution in [0.4, 0.5) is 0 Å². The van der Waals surface area contributed by atoms with Gasteiger partial charge in [-0.25, -0.2) is 8.42 Å². The Morgan fingerprint density at radius 1 is 1.11 bits per heavy atom. The Bertz CT molecular complexity index is 780. The molecular formula is C18H28N4O5S. The van der Waals surface area contributed by atoms with E-state index in [0.717, 1.165) is 25.7 Å². The van der Waals surface area contributed by atoms with Crippen LogP contribution in [-0.4, -0.2) is 68.9 Å². The van der Waals surface area contributed by atoms with Gasteiger partial charge in [-0.3, -0.25) is 9.59 Å². The predicted molar refractivity (Wildman–Crippen MR) is 102 cm³/mol. The first kappa shape index (κ1) is 20.8. The number of aromatic amines is 1. The van der Waals surface area contributed by atoms with Gasteiger partial charge in [0.05, 0.1) is 13.2 Å². The predicted octanol–water partition coefficient (Wildman–Crippen LogP) is 0.462. The highest BCUT2D eigenvalue weighted by molar-refractivity contribution is 7.89. The molecule has 28 heavy (non-hydrogen) atoms. The van der Waals surface area contributed by atoms with Crippen LogP contribution in [0.5, 0.6) is 0 Å². The van der Waals surface area contributed by atoms with Crippen molar-refractivity contribution in [3.8, 4) is 0 Å². The van der Waals surface area contributed by atoms with E-state index in [1.165, 1.54) is 23.0 Å². The molecular weight excluding hydrogens is 384 g/mol. The molecule has 3 rings (SSSR count). The van der Waals surface area contributed by atoms with Gasteiger partial charge in [0, 0.05) is 38.3 Å². The molecule has 1 aromatic heterocycles. The molecule has 1 aliphatic heterocycles. The fraction of sp³-hybridized carbons (Fsp3) is 0.667. The molecule has 1 aromatic rings. The van der Waals surface area contributed by atoms with Gasteiger partial charge in [-0.2, -0.15) is 4.31 Å². The topological polar surface area (TPSA) is 121 Å². The van der Waals surface area contributed by atoms with Crippen LogP contribution in [0.15, 0.2) is 17.2 Å². The lowest BCUT2D eigenvalue weighted by atomic mass is 9.89. The number of H-pyrrole nitrogens is 1. The third kappa shape index (κ3) is 5.12. The molecule has 0 aromatic carbocycles.